The summed E-state index contributed by atoms with van der Waals surface area (Å²) in [6, 6.07) is -0.131. The number of rotatable bonds is 8. The van der Waals surface area contributed by atoms with Crippen molar-refractivity contribution >= 4 is 28.2 Å². The van der Waals surface area contributed by atoms with E-state index in [0.29, 0.717) is 25.4 Å². The fraction of sp³-hybridized carbons (Fsp3) is 0.944. The van der Waals surface area contributed by atoms with Crippen molar-refractivity contribution in [2.75, 3.05) is 51.3 Å². The van der Waals surface area contributed by atoms with Gasteiger partial charge in [0.25, 0.3) is 0 Å². The minimum atomic E-state index is -2.97. The average Bonchev–Trinajstić information content (AvgIpc) is 2.91. The molecule has 1 N–H and O–H groups in total. The van der Waals surface area contributed by atoms with Gasteiger partial charge >= 0.3 is 0 Å². The van der Waals surface area contributed by atoms with Crippen LogP contribution in [0.3, 0.4) is 0 Å². The second kappa shape index (κ2) is 10.8. The Labute approximate surface area is 165 Å². The largest absolute Gasteiger partial charge is 0.337 e. The van der Waals surface area contributed by atoms with Crippen LogP contribution in [0.15, 0.2) is 0 Å². The predicted molar refractivity (Wildman–Crippen MR) is 109 cm³/mol. The van der Waals surface area contributed by atoms with Crippen molar-refractivity contribution in [3.63, 3.8) is 0 Å². The molecule has 2 fully saturated rings. The molecule has 0 aromatic heterocycles. The maximum atomic E-state index is 12.9. The number of nitrogens with one attached hydrogen (secondary N) is 1. The molecule has 0 bridgehead atoms. The Morgan fingerprint density at radius 1 is 1.23 bits per heavy atom. The van der Waals surface area contributed by atoms with Gasteiger partial charge in [-0.2, -0.15) is 0 Å². The number of likely N-dealkylation sites (tertiary alicyclic amines) is 1. The molecule has 0 aromatic carbocycles. The zero-order valence-corrected chi connectivity index (χ0v) is 18.1. The first-order valence-electron chi connectivity index (χ1n) is 9.67. The second-order valence-corrected chi connectivity index (χ2v) is 10.3. The molecular formula is C18H36ClN3O3S. The summed E-state index contributed by atoms with van der Waals surface area (Å²) in [6.45, 7) is 8.24. The first kappa shape index (κ1) is 23.7. The lowest BCUT2D eigenvalue weighted by atomic mass is 9.93. The summed E-state index contributed by atoms with van der Waals surface area (Å²) in [5.41, 5.74) is 0. The monoisotopic (exact) mass is 409 g/mol. The van der Waals surface area contributed by atoms with Crippen molar-refractivity contribution in [3.05, 3.63) is 0 Å². The summed E-state index contributed by atoms with van der Waals surface area (Å²) in [5.74, 6) is 1.56. The van der Waals surface area contributed by atoms with Gasteiger partial charge in [-0.15, -0.1) is 12.4 Å². The molecule has 2 heterocycles. The van der Waals surface area contributed by atoms with E-state index in [0.717, 1.165) is 38.4 Å². The quantitative estimate of drug-likeness (QED) is 0.656. The van der Waals surface area contributed by atoms with Gasteiger partial charge in [-0.25, -0.2) is 8.42 Å². The molecule has 0 radical (unpaired) electrons. The summed E-state index contributed by atoms with van der Waals surface area (Å²) in [7, 11) is -0.986. The van der Waals surface area contributed by atoms with Gasteiger partial charge in [-0.3, -0.25) is 9.69 Å². The third-order valence-corrected chi connectivity index (χ3v) is 7.15. The molecule has 2 aliphatic heterocycles. The van der Waals surface area contributed by atoms with Gasteiger partial charge < -0.3 is 10.2 Å². The third kappa shape index (κ3) is 7.33. The highest BCUT2D eigenvalue weighted by molar-refractivity contribution is 7.91. The molecule has 1 amide bonds. The standard InChI is InChI=1S/C18H35N3O3S.ClH/c1-15(2)12-21(17-7-11-25(23,24)14-17)18(22)13-20-9-5-16(6-10-20)4-8-19-3;/h15-17,19H,4-14H2,1-3H3;1H. The summed E-state index contributed by atoms with van der Waals surface area (Å²) < 4.78 is 23.6. The van der Waals surface area contributed by atoms with E-state index in [-0.39, 0.29) is 35.9 Å². The number of halogens is 1. The van der Waals surface area contributed by atoms with E-state index in [1.165, 1.54) is 6.42 Å². The van der Waals surface area contributed by atoms with E-state index < -0.39 is 9.84 Å². The number of hydrogen-bond donors (Lipinski definition) is 1. The summed E-state index contributed by atoms with van der Waals surface area (Å²) in [6.07, 6.45) is 4.10. The van der Waals surface area contributed by atoms with Crippen molar-refractivity contribution in [2.24, 2.45) is 11.8 Å². The van der Waals surface area contributed by atoms with Crippen LogP contribution in [0.5, 0.6) is 0 Å². The van der Waals surface area contributed by atoms with Crippen molar-refractivity contribution in [2.45, 2.75) is 45.6 Å². The van der Waals surface area contributed by atoms with Crippen molar-refractivity contribution < 1.29 is 13.2 Å². The van der Waals surface area contributed by atoms with Crippen LogP contribution in [0.25, 0.3) is 0 Å². The minimum Gasteiger partial charge on any atom is -0.337 e. The van der Waals surface area contributed by atoms with E-state index in [9.17, 15) is 13.2 Å². The van der Waals surface area contributed by atoms with Crippen LogP contribution in [0, 0.1) is 11.8 Å². The molecule has 2 rings (SSSR count). The van der Waals surface area contributed by atoms with Crippen LogP contribution in [-0.2, 0) is 14.6 Å². The number of nitrogens with zero attached hydrogens (tertiary/aromatic N) is 2. The van der Waals surface area contributed by atoms with Crippen molar-refractivity contribution in [1.29, 1.82) is 0 Å². The number of carbonyl (C=O) groups excluding carboxylic acids is 1. The van der Waals surface area contributed by atoms with Gasteiger partial charge in [-0.1, -0.05) is 13.8 Å². The summed E-state index contributed by atoms with van der Waals surface area (Å²) in [4.78, 5) is 17.0. The smallest absolute Gasteiger partial charge is 0.237 e. The Kier molecular flexibility index (Phi) is 9.86. The molecule has 6 nitrogen and oxygen atoms in total. The number of carbonyl (C=O) groups is 1. The van der Waals surface area contributed by atoms with E-state index in [1.54, 1.807) is 0 Å². The fourth-order valence-electron chi connectivity index (χ4n) is 3.93. The Hall–Kier alpha value is -0.370. The highest BCUT2D eigenvalue weighted by Crippen LogP contribution is 2.22. The molecule has 8 heteroatoms. The van der Waals surface area contributed by atoms with E-state index in [1.807, 2.05) is 11.9 Å². The van der Waals surface area contributed by atoms with E-state index in [2.05, 4.69) is 24.1 Å². The lowest BCUT2D eigenvalue weighted by Crippen LogP contribution is -2.49. The molecule has 0 saturated carbocycles. The maximum absolute atomic E-state index is 12.9. The van der Waals surface area contributed by atoms with Crippen LogP contribution >= 0.6 is 12.4 Å². The molecule has 1 unspecified atom stereocenters. The molecule has 0 aromatic rings. The first-order chi connectivity index (χ1) is 11.8. The molecule has 154 valence electrons. The third-order valence-electron chi connectivity index (χ3n) is 5.40. The Balaban J connectivity index is 0.00000338. The molecule has 0 spiro atoms. The molecule has 26 heavy (non-hydrogen) atoms. The van der Waals surface area contributed by atoms with Gasteiger partial charge in [0.15, 0.2) is 9.84 Å². The van der Waals surface area contributed by atoms with E-state index in [4.69, 9.17) is 0 Å². The summed E-state index contributed by atoms with van der Waals surface area (Å²) in [5, 5.41) is 3.21. The Morgan fingerprint density at radius 3 is 2.38 bits per heavy atom. The molecular weight excluding hydrogens is 374 g/mol. The van der Waals surface area contributed by atoms with Gasteiger partial charge in [-0.05, 0) is 64.2 Å². The fourth-order valence-corrected chi connectivity index (χ4v) is 5.66. The maximum Gasteiger partial charge on any atom is 0.237 e. The van der Waals surface area contributed by atoms with Crippen molar-refractivity contribution in [3.8, 4) is 0 Å². The summed E-state index contributed by atoms with van der Waals surface area (Å²) >= 11 is 0. The molecule has 1 atom stereocenters. The van der Waals surface area contributed by atoms with Crippen LogP contribution < -0.4 is 5.32 Å². The van der Waals surface area contributed by atoms with Crippen LogP contribution in [0.2, 0.25) is 0 Å². The van der Waals surface area contributed by atoms with Crippen LogP contribution in [0.4, 0.5) is 0 Å². The zero-order chi connectivity index (χ0) is 18.4. The van der Waals surface area contributed by atoms with Gasteiger partial charge in [0.05, 0.1) is 18.1 Å². The number of piperidine rings is 1. The number of amides is 1. The molecule has 0 aliphatic carbocycles. The minimum absolute atomic E-state index is 0. The SMILES string of the molecule is CNCCC1CCN(CC(=O)N(CC(C)C)C2CCS(=O)(=O)C2)CC1.Cl. The lowest BCUT2D eigenvalue weighted by Gasteiger charge is -2.35. The number of sulfone groups is 1. The van der Waals surface area contributed by atoms with Gasteiger partial charge in [0.1, 0.15) is 0 Å². The highest BCUT2D eigenvalue weighted by atomic mass is 35.5. The lowest BCUT2D eigenvalue weighted by molar-refractivity contribution is -0.135. The molecule has 2 saturated heterocycles. The van der Waals surface area contributed by atoms with Crippen LogP contribution in [0.1, 0.15) is 39.5 Å². The number of hydrogen-bond acceptors (Lipinski definition) is 5. The van der Waals surface area contributed by atoms with Crippen LogP contribution in [-0.4, -0.2) is 81.4 Å². The van der Waals surface area contributed by atoms with E-state index >= 15 is 0 Å². The Morgan fingerprint density at radius 2 is 1.88 bits per heavy atom. The first-order valence-corrected chi connectivity index (χ1v) is 11.5. The average molecular weight is 410 g/mol. The highest BCUT2D eigenvalue weighted by Gasteiger charge is 2.35. The zero-order valence-electron chi connectivity index (χ0n) is 16.4. The van der Waals surface area contributed by atoms with Crippen molar-refractivity contribution in [1.82, 2.24) is 15.1 Å². The predicted octanol–water partition coefficient (Wildman–Crippen LogP) is 1.40. The second-order valence-electron chi connectivity index (χ2n) is 8.11. The van der Waals surface area contributed by atoms with Gasteiger partial charge in [0, 0.05) is 12.6 Å². The topological polar surface area (TPSA) is 69.7 Å². The Bertz CT molecular complexity index is 534. The normalized spacial score (nSPS) is 23.8. The van der Waals surface area contributed by atoms with Gasteiger partial charge in [0.2, 0.25) is 5.91 Å². The molecule has 2 aliphatic rings.